The number of fused-ring (bicyclic) bond motifs is 2. The molecule has 0 radical (unpaired) electrons. The Morgan fingerprint density at radius 1 is 1.14 bits per heavy atom. The standard InChI is InChI=1S/C14H18Cl2N2O2S.ClH/c1-18(11-7-9-5-6-10(8-11)17-9)21(19,20)14-12(15)3-2-4-13(14)16;/h2-4,9-11,17H,5-8H2,1H3;1H. The van der Waals surface area contributed by atoms with Crippen LogP contribution in [0.2, 0.25) is 10.0 Å². The number of piperidine rings is 1. The van der Waals surface area contributed by atoms with Crippen LogP contribution in [0.1, 0.15) is 25.7 Å². The van der Waals surface area contributed by atoms with Gasteiger partial charge in [0.15, 0.2) is 0 Å². The number of hydrogen-bond donors (Lipinski definition) is 1. The third-order valence-electron chi connectivity index (χ3n) is 4.52. The average molecular weight is 386 g/mol. The quantitative estimate of drug-likeness (QED) is 0.868. The van der Waals surface area contributed by atoms with Crippen LogP contribution in [-0.4, -0.2) is 37.9 Å². The van der Waals surface area contributed by atoms with Gasteiger partial charge in [0, 0.05) is 25.2 Å². The molecule has 22 heavy (non-hydrogen) atoms. The summed E-state index contributed by atoms with van der Waals surface area (Å²) in [5, 5.41) is 3.86. The fourth-order valence-corrected chi connectivity index (χ4v) is 5.86. The van der Waals surface area contributed by atoms with Crippen LogP contribution in [0.25, 0.3) is 0 Å². The summed E-state index contributed by atoms with van der Waals surface area (Å²) < 4.78 is 27.1. The Morgan fingerprint density at radius 3 is 2.14 bits per heavy atom. The third-order valence-corrected chi connectivity index (χ3v) is 7.38. The lowest BCUT2D eigenvalue weighted by Crippen LogP contribution is -2.48. The van der Waals surface area contributed by atoms with Crippen molar-refractivity contribution in [3.8, 4) is 0 Å². The molecular weight excluding hydrogens is 367 g/mol. The van der Waals surface area contributed by atoms with E-state index in [0.29, 0.717) is 12.1 Å². The molecule has 124 valence electrons. The van der Waals surface area contributed by atoms with E-state index in [9.17, 15) is 8.42 Å². The van der Waals surface area contributed by atoms with Crippen molar-refractivity contribution in [3.63, 3.8) is 0 Å². The molecule has 2 atom stereocenters. The van der Waals surface area contributed by atoms with Gasteiger partial charge in [0.25, 0.3) is 0 Å². The Bertz CT molecular complexity index is 621. The smallest absolute Gasteiger partial charge is 0.246 e. The van der Waals surface area contributed by atoms with Crippen LogP contribution >= 0.6 is 35.6 Å². The van der Waals surface area contributed by atoms with Crippen LogP contribution in [0.15, 0.2) is 23.1 Å². The Balaban J connectivity index is 0.00000176. The Kier molecular flexibility index (Phi) is 5.68. The minimum absolute atomic E-state index is 0. The maximum absolute atomic E-state index is 12.8. The number of sulfonamides is 1. The van der Waals surface area contributed by atoms with Crippen molar-refractivity contribution in [2.24, 2.45) is 0 Å². The zero-order chi connectivity index (χ0) is 15.2. The summed E-state index contributed by atoms with van der Waals surface area (Å²) >= 11 is 12.1. The van der Waals surface area contributed by atoms with Crippen molar-refractivity contribution >= 4 is 45.6 Å². The van der Waals surface area contributed by atoms with Gasteiger partial charge in [-0.25, -0.2) is 8.42 Å². The second kappa shape index (κ2) is 6.83. The molecule has 0 saturated carbocycles. The van der Waals surface area contributed by atoms with E-state index in [4.69, 9.17) is 23.2 Å². The summed E-state index contributed by atoms with van der Waals surface area (Å²) in [6.45, 7) is 0. The molecule has 8 heteroatoms. The van der Waals surface area contributed by atoms with Crippen molar-refractivity contribution in [1.82, 2.24) is 9.62 Å². The monoisotopic (exact) mass is 384 g/mol. The second-order valence-corrected chi connectivity index (χ2v) is 8.58. The molecule has 1 aromatic carbocycles. The Labute approximate surface area is 147 Å². The van der Waals surface area contributed by atoms with Crippen molar-refractivity contribution in [1.29, 1.82) is 0 Å². The highest BCUT2D eigenvalue weighted by Gasteiger charge is 2.39. The van der Waals surface area contributed by atoms with Crippen LogP contribution in [0.4, 0.5) is 0 Å². The summed E-state index contributed by atoms with van der Waals surface area (Å²) in [6, 6.07) is 5.61. The highest BCUT2D eigenvalue weighted by molar-refractivity contribution is 7.89. The lowest BCUT2D eigenvalue weighted by Gasteiger charge is -2.35. The third kappa shape index (κ3) is 3.25. The lowest BCUT2D eigenvalue weighted by molar-refractivity contribution is 0.251. The van der Waals surface area contributed by atoms with Crippen molar-refractivity contribution < 1.29 is 8.42 Å². The first-order valence-corrected chi connectivity index (χ1v) is 9.27. The molecule has 0 amide bonds. The average Bonchev–Trinajstić information content (AvgIpc) is 2.76. The molecule has 0 aliphatic carbocycles. The summed E-state index contributed by atoms with van der Waals surface area (Å²) in [4.78, 5) is 0.0155. The molecule has 0 aromatic heterocycles. The van der Waals surface area contributed by atoms with Crippen LogP contribution < -0.4 is 5.32 Å². The summed E-state index contributed by atoms with van der Waals surface area (Å²) in [5.74, 6) is 0. The van der Waals surface area contributed by atoms with Gasteiger partial charge in [-0.05, 0) is 37.8 Å². The van der Waals surface area contributed by atoms with Crippen LogP contribution in [0, 0.1) is 0 Å². The highest BCUT2D eigenvalue weighted by atomic mass is 35.5. The Morgan fingerprint density at radius 2 is 1.64 bits per heavy atom. The van der Waals surface area contributed by atoms with Gasteiger partial charge >= 0.3 is 0 Å². The van der Waals surface area contributed by atoms with Gasteiger partial charge in [0.1, 0.15) is 4.90 Å². The normalized spacial score (nSPS) is 27.7. The number of halogens is 3. The summed E-state index contributed by atoms with van der Waals surface area (Å²) in [5.41, 5.74) is 0. The number of hydrogen-bond acceptors (Lipinski definition) is 3. The van der Waals surface area contributed by atoms with Crippen molar-refractivity contribution in [2.75, 3.05) is 7.05 Å². The maximum Gasteiger partial charge on any atom is 0.246 e. The van der Waals surface area contributed by atoms with Crippen molar-refractivity contribution in [2.45, 2.75) is 48.7 Å². The molecule has 3 rings (SSSR count). The van der Waals surface area contributed by atoms with Crippen LogP contribution in [0.5, 0.6) is 0 Å². The number of rotatable bonds is 3. The molecule has 0 spiro atoms. The van der Waals surface area contributed by atoms with Gasteiger partial charge in [0.05, 0.1) is 10.0 Å². The Hall–Kier alpha value is -0.0400. The van der Waals surface area contributed by atoms with E-state index in [2.05, 4.69) is 5.32 Å². The van der Waals surface area contributed by atoms with Crippen LogP contribution in [0.3, 0.4) is 0 Å². The van der Waals surface area contributed by atoms with E-state index < -0.39 is 10.0 Å². The predicted molar refractivity (Wildman–Crippen MR) is 91.6 cm³/mol. The molecule has 2 saturated heterocycles. The van der Waals surface area contributed by atoms with Gasteiger partial charge in [-0.15, -0.1) is 12.4 Å². The second-order valence-electron chi connectivity index (χ2n) is 5.84. The molecule has 2 aliphatic rings. The number of nitrogens with one attached hydrogen (secondary N) is 1. The highest BCUT2D eigenvalue weighted by Crippen LogP contribution is 2.35. The maximum atomic E-state index is 12.8. The molecule has 2 bridgehead atoms. The molecule has 4 nitrogen and oxygen atoms in total. The first-order valence-electron chi connectivity index (χ1n) is 7.07. The molecule has 2 fully saturated rings. The van der Waals surface area contributed by atoms with Gasteiger partial charge < -0.3 is 5.32 Å². The predicted octanol–water partition coefficient (Wildman–Crippen LogP) is 3.32. The fourth-order valence-electron chi connectivity index (χ4n) is 3.39. The van der Waals surface area contributed by atoms with E-state index in [-0.39, 0.29) is 33.4 Å². The van der Waals surface area contributed by atoms with Crippen LogP contribution in [-0.2, 0) is 10.0 Å². The topological polar surface area (TPSA) is 49.4 Å². The van der Waals surface area contributed by atoms with Gasteiger partial charge in [-0.1, -0.05) is 29.3 Å². The first kappa shape index (κ1) is 18.3. The number of benzene rings is 1. The summed E-state index contributed by atoms with van der Waals surface area (Å²) in [6.07, 6.45) is 3.94. The fraction of sp³-hybridized carbons (Fsp3) is 0.571. The summed E-state index contributed by atoms with van der Waals surface area (Å²) in [7, 11) is -2.05. The minimum Gasteiger partial charge on any atom is -0.311 e. The molecular formula is C14H19Cl3N2O2S. The number of nitrogens with zero attached hydrogens (tertiary/aromatic N) is 1. The molecule has 2 unspecified atom stereocenters. The van der Waals surface area contributed by atoms with Gasteiger partial charge in [-0.3, -0.25) is 0 Å². The van der Waals surface area contributed by atoms with Crippen molar-refractivity contribution in [3.05, 3.63) is 28.2 Å². The zero-order valence-electron chi connectivity index (χ0n) is 12.1. The largest absolute Gasteiger partial charge is 0.311 e. The minimum atomic E-state index is -3.68. The SMILES string of the molecule is CN(C1CC2CCC(C1)N2)S(=O)(=O)c1c(Cl)cccc1Cl.Cl. The molecule has 2 heterocycles. The van der Waals surface area contributed by atoms with E-state index >= 15 is 0 Å². The first-order chi connectivity index (χ1) is 9.89. The van der Waals surface area contributed by atoms with E-state index in [1.54, 1.807) is 25.2 Å². The van der Waals surface area contributed by atoms with E-state index in [1.165, 1.54) is 4.31 Å². The zero-order valence-corrected chi connectivity index (χ0v) is 15.3. The van der Waals surface area contributed by atoms with E-state index in [1.807, 2.05) is 0 Å². The molecule has 1 aromatic rings. The lowest BCUT2D eigenvalue weighted by atomic mass is 10.0. The van der Waals surface area contributed by atoms with Gasteiger partial charge in [-0.2, -0.15) is 4.31 Å². The van der Waals surface area contributed by atoms with Gasteiger partial charge in [0.2, 0.25) is 10.0 Å². The van der Waals surface area contributed by atoms with E-state index in [0.717, 1.165) is 25.7 Å². The molecule has 2 aliphatic heterocycles. The molecule has 1 N–H and O–H groups in total.